The third-order valence-corrected chi connectivity index (χ3v) is 3.00. The van der Waals surface area contributed by atoms with E-state index in [1.807, 2.05) is 0 Å². The first-order valence-electron chi connectivity index (χ1n) is 4.26. The molecular formula is C8H9N3O2. The van der Waals surface area contributed by atoms with Crippen molar-refractivity contribution in [2.24, 2.45) is 16.4 Å². The molecule has 0 aromatic heterocycles. The molecule has 1 amide bonds. The Hall–Kier alpha value is -1.35. The van der Waals surface area contributed by atoms with E-state index in [1.165, 1.54) is 0 Å². The molecule has 0 aliphatic heterocycles. The van der Waals surface area contributed by atoms with Crippen LogP contribution in [0.3, 0.4) is 0 Å². The lowest BCUT2D eigenvalue weighted by Crippen LogP contribution is -2.49. The van der Waals surface area contributed by atoms with E-state index in [-0.39, 0.29) is 23.0 Å². The molecule has 0 radical (unpaired) electrons. The molecule has 0 N–H and O–H groups in total. The van der Waals surface area contributed by atoms with Crippen molar-refractivity contribution >= 4 is 11.7 Å². The predicted molar refractivity (Wildman–Crippen MR) is 43.6 cm³/mol. The number of ketones is 1. The summed E-state index contributed by atoms with van der Waals surface area (Å²) >= 11 is 0. The standard InChI is InChI=1S/C8H9N3O2/c9-11-10-7(13)5-1-8(2-5)3-6(12)4-8/h5H,1-4H2. The molecule has 0 unspecified atom stereocenters. The number of azide groups is 1. The zero-order valence-electron chi connectivity index (χ0n) is 7.06. The van der Waals surface area contributed by atoms with Crippen molar-refractivity contribution < 1.29 is 9.59 Å². The van der Waals surface area contributed by atoms with Crippen LogP contribution in [0.1, 0.15) is 25.7 Å². The van der Waals surface area contributed by atoms with Crippen LogP contribution in [0.5, 0.6) is 0 Å². The van der Waals surface area contributed by atoms with Crippen molar-refractivity contribution in [1.29, 1.82) is 0 Å². The number of carbonyl (C=O) groups excluding carboxylic acids is 2. The van der Waals surface area contributed by atoms with Crippen molar-refractivity contribution in [3.63, 3.8) is 0 Å². The molecule has 68 valence electrons. The van der Waals surface area contributed by atoms with E-state index < -0.39 is 0 Å². The average Bonchev–Trinajstić information content (AvgIpc) is 1.94. The molecule has 0 bridgehead atoms. The Morgan fingerprint density at radius 2 is 2.15 bits per heavy atom. The van der Waals surface area contributed by atoms with Gasteiger partial charge < -0.3 is 0 Å². The molecule has 2 saturated carbocycles. The van der Waals surface area contributed by atoms with Crippen molar-refractivity contribution in [1.82, 2.24) is 0 Å². The smallest absolute Gasteiger partial charge is 0.222 e. The number of amides is 1. The zero-order valence-corrected chi connectivity index (χ0v) is 7.06. The second kappa shape index (κ2) is 2.57. The molecule has 2 aliphatic carbocycles. The summed E-state index contributed by atoms with van der Waals surface area (Å²) in [6.45, 7) is 0. The van der Waals surface area contributed by atoms with Gasteiger partial charge in [-0.25, -0.2) is 0 Å². The average molecular weight is 179 g/mol. The minimum Gasteiger partial charge on any atom is -0.300 e. The van der Waals surface area contributed by atoms with Crippen LogP contribution in [0.15, 0.2) is 5.11 Å². The Morgan fingerprint density at radius 1 is 1.54 bits per heavy atom. The first-order valence-corrected chi connectivity index (χ1v) is 4.26. The Kier molecular flexibility index (Phi) is 1.63. The highest BCUT2D eigenvalue weighted by Crippen LogP contribution is 2.57. The fraction of sp³-hybridized carbons (Fsp3) is 0.750. The van der Waals surface area contributed by atoms with Gasteiger partial charge in [-0.2, -0.15) is 0 Å². The summed E-state index contributed by atoms with van der Waals surface area (Å²) in [5.41, 5.74) is 8.15. The molecule has 2 rings (SSSR count). The Labute approximate surface area is 74.7 Å². The maximum atomic E-state index is 11.0. The Balaban J connectivity index is 1.88. The highest BCUT2D eigenvalue weighted by molar-refractivity contribution is 5.88. The van der Waals surface area contributed by atoms with Gasteiger partial charge in [0.25, 0.3) is 0 Å². The molecule has 5 nitrogen and oxygen atoms in total. The highest BCUT2D eigenvalue weighted by atomic mass is 16.2. The second-order valence-corrected chi connectivity index (χ2v) is 4.03. The first-order chi connectivity index (χ1) is 6.15. The van der Waals surface area contributed by atoms with Crippen LogP contribution >= 0.6 is 0 Å². The number of carbonyl (C=O) groups is 2. The lowest BCUT2D eigenvalue weighted by Gasteiger charge is -2.51. The fourth-order valence-corrected chi connectivity index (χ4v) is 2.36. The van der Waals surface area contributed by atoms with Crippen molar-refractivity contribution in [2.75, 3.05) is 0 Å². The third kappa shape index (κ3) is 1.21. The number of Topliss-reactive ketones (excluding diaryl/α,β-unsaturated/α-hetero) is 1. The zero-order chi connectivity index (χ0) is 9.47. The van der Waals surface area contributed by atoms with Gasteiger partial charge in [-0.05, 0) is 28.9 Å². The summed E-state index contributed by atoms with van der Waals surface area (Å²) in [7, 11) is 0. The van der Waals surface area contributed by atoms with Crippen LogP contribution in [0.25, 0.3) is 10.4 Å². The molecule has 2 fully saturated rings. The van der Waals surface area contributed by atoms with Gasteiger partial charge in [0.1, 0.15) is 5.78 Å². The van der Waals surface area contributed by atoms with Gasteiger partial charge in [0.2, 0.25) is 5.91 Å². The molecule has 0 heterocycles. The Bertz CT molecular complexity index is 314. The molecule has 13 heavy (non-hydrogen) atoms. The van der Waals surface area contributed by atoms with Gasteiger partial charge in [0, 0.05) is 23.7 Å². The third-order valence-electron chi connectivity index (χ3n) is 3.00. The van der Waals surface area contributed by atoms with Crippen LogP contribution in [-0.2, 0) is 9.59 Å². The summed E-state index contributed by atoms with van der Waals surface area (Å²) in [6.07, 6.45) is 2.70. The molecule has 0 aromatic carbocycles. The van der Waals surface area contributed by atoms with E-state index in [1.54, 1.807) is 0 Å². The van der Waals surface area contributed by atoms with Crippen LogP contribution in [0, 0.1) is 11.3 Å². The number of rotatable bonds is 1. The predicted octanol–water partition coefficient (Wildman–Crippen LogP) is 1.58. The topological polar surface area (TPSA) is 82.9 Å². The monoisotopic (exact) mass is 179 g/mol. The number of hydrogen-bond donors (Lipinski definition) is 0. The lowest BCUT2D eigenvalue weighted by molar-refractivity contribution is -0.148. The number of hydrogen-bond acceptors (Lipinski definition) is 2. The minimum atomic E-state index is -0.368. The lowest BCUT2D eigenvalue weighted by atomic mass is 9.51. The largest absolute Gasteiger partial charge is 0.300 e. The number of nitrogens with zero attached hydrogens (tertiary/aromatic N) is 3. The molecule has 1 spiro atoms. The molecule has 5 heteroatoms. The maximum absolute atomic E-state index is 11.0. The van der Waals surface area contributed by atoms with Crippen LogP contribution in [-0.4, -0.2) is 11.7 Å². The van der Waals surface area contributed by atoms with Crippen LogP contribution in [0.4, 0.5) is 0 Å². The minimum absolute atomic E-state index is 0.113. The fourth-order valence-electron chi connectivity index (χ4n) is 2.36. The second-order valence-electron chi connectivity index (χ2n) is 4.03. The van der Waals surface area contributed by atoms with E-state index >= 15 is 0 Å². The van der Waals surface area contributed by atoms with E-state index in [9.17, 15) is 9.59 Å². The molecule has 2 aliphatic rings. The van der Waals surface area contributed by atoms with Crippen molar-refractivity contribution in [3.8, 4) is 0 Å². The van der Waals surface area contributed by atoms with Gasteiger partial charge in [0.15, 0.2) is 0 Å². The summed E-state index contributed by atoms with van der Waals surface area (Å²) in [4.78, 5) is 24.2. The summed E-state index contributed by atoms with van der Waals surface area (Å²) < 4.78 is 0. The molecule has 0 aromatic rings. The molecule has 0 atom stereocenters. The van der Waals surface area contributed by atoms with Gasteiger partial charge in [0.05, 0.1) is 0 Å². The van der Waals surface area contributed by atoms with Gasteiger partial charge in [-0.1, -0.05) is 0 Å². The highest BCUT2D eigenvalue weighted by Gasteiger charge is 2.54. The summed E-state index contributed by atoms with van der Waals surface area (Å²) in [5.74, 6) is -0.203. The molecule has 0 saturated heterocycles. The summed E-state index contributed by atoms with van der Waals surface area (Å²) in [5, 5.41) is 3.05. The van der Waals surface area contributed by atoms with Gasteiger partial charge >= 0.3 is 0 Å². The van der Waals surface area contributed by atoms with E-state index in [2.05, 4.69) is 10.0 Å². The first kappa shape index (κ1) is 8.26. The quantitative estimate of drug-likeness (QED) is 0.347. The Morgan fingerprint density at radius 3 is 2.62 bits per heavy atom. The van der Waals surface area contributed by atoms with Gasteiger partial charge in [-0.3, -0.25) is 9.59 Å². The van der Waals surface area contributed by atoms with Crippen molar-refractivity contribution in [2.45, 2.75) is 25.7 Å². The van der Waals surface area contributed by atoms with Crippen molar-refractivity contribution in [3.05, 3.63) is 10.4 Å². The van der Waals surface area contributed by atoms with E-state index in [0.29, 0.717) is 12.8 Å². The van der Waals surface area contributed by atoms with Gasteiger partial charge in [-0.15, -0.1) is 0 Å². The van der Waals surface area contributed by atoms with Crippen LogP contribution in [0.2, 0.25) is 0 Å². The van der Waals surface area contributed by atoms with Crippen LogP contribution < -0.4 is 0 Å². The molecular weight excluding hydrogens is 170 g/mol. The summed E-state index contributed by atoms with van der Waals surface area (Å²) in [6, 6.07) is 0. The SMILES string of the molecule is [N-]=[N+]=NC(=O)C1CC2(CC(=O)C2)C1. The van der Waals surface area contributed by atoms with E-state index in [4.69, 9.17) is 5.53 Å². The maximum Gasteiger partial charge on any atom is 0.222 e. The normalized spacial score (nSPS) is 24.5. The van der Waals surface area contributed by atoms with E-state index in [0.717, 1.165) is 12.8 Å².